The molecule has 7 nitrogen and oxygen atoms in total. The van der Waals surface area contributed by atoms with Crippen molar-refractivity contribution < 1.29 is 23.5 Å². The van der Waals surface area contributed by atoms with Gasteiger partial charge in [0, 0.05) is 28.5 Å². The van der Waals surface area contributed by atoms with Gasteiger partial charge in [-0.1, -0.05) is 6.07 Å². The van der Waals surface area contributed by atoms with E-state index in [9.17, 15) is 14.0 Å². The van der Waals surface area contributed by atoms with Crippen molar-refractivity contribution in [3.05, 3.63) is 64.7 Å². The lowest BCUT2D eigenvalue weighted by Crippen LogP contribution is -2.26. The molecule has 0 aliphatic rings. The quantitative estimate of drug-likeness (QED) is 0.382. The van der Waals surface area contributed by atoms with Crippen molar-refractivity contribution in [1.82, 2.24) is 15.3 Å². The number of aromatic amines is 2. The first-order chi connectivity index (χ1) is 15.4. The number of nitrogens with one attached hydrogen (secondary N) is 3. The fourth-order valence-electron chi connectivity index (χ4n) is 3.88. The summed E-state index contributed by atoms with van der Waals surface area (Å²) in [5, 5.41) is 4.58. The van der Waals surface area contributed by atoms with E-state index in [1.165, 1.54) is 13.2 Å². The molecule has 0 aliphatic heterocycles. The first-order valence-corrected chi connectivity index (χ1v) is 10.2. The van der Waals surface area contributed by atoms with E-state index in [4.69, 9.17) is 4.74 Å². The minimum absolute atomic E-state index is 0.184. The molecule has 2 heterocycles. The van der Waals surface area contributed by atoms with Gasteiger partial charge in [0.25, 0.3) is 5.91 Å². The van der Waals surface area contributed by atoms with E-state index in [-0.39, 0.29) is 18.3 Å². The molecular weight excluding hydrogens is 413 g/mol. The molecule has 0 spiro atoms. The van der Waals surface area contributed by atoms with Gasteiger partial charge < -0.3 is 24.8 Å². The highest BCUT2D eigenvalue weighted by atomic mass is 19.1. The van der Waals surface area contributed by atoms with Gasteiger partial charge in [0.15, 0.2) is 6.61 Å². The molecular formula is C24H24FN3O4. The molecule has 0 bridgehead atoms. The summed E-state index contributed by atoms with van der Waals surface area (Å²) in [4.78, 5) is 30.1. The van der Waals surface area contributed by atoms with E-state index in [2.05, 4.69) is 20.0 Å². The second-order valence-corrected chi connectivity index (χ2v) is 7.65. The monoisotopic (exact) mass is 437 g/mol. The summed E-state index contributed by atoms with van der Waals surface area (Å²) in [5.74, 6) is -0.482. The van der Waals surface area contributed by atoms with Crippen molar-refractivity contribution >= 4 is 33.7 Å². The van der Waals surface area contributed by atoms with Crippen LogP contribution in [0.4, 0.5) is 4.39 Å². The lowest BCUT2D eigenvalue weighted by atomic mass is 10.0. The number of esters is 1. The average Bonchev–Trinajstić information content (AvgIpc) is 3.36. The summed E-state index contributed by atoms with van der Waals surface area (Å²) in [6, 6.07) is 10.2. The summed E-state index contributed by atoms with van der Waals surface area (Å²) < 4.78 is 24.1. The molecule has 1 amide bonds. The van der Waals surface area contributed by atoms with Gasteiger partial charge in [-0.05, 0) is 61.7 Å². The smallest absolute Gasteiger partial charge is 0.343 e. The summed E-state index contributed by atoms with van der Waals surface area (Å²) >= 11 is 0. The predicted molar refractivity (Wildman–Crippen MR) is 120 cm³/mol. The SMILES string of the molecule is COC(=O)COc1ccc2[nH]c(C(=O)NCCc3c(C)[nH]c4c(F)ccc(C)c34)cc2c1. The Morgan fingerprint density at radius 3 is 2.69 bits per heavy atom. The molecule has 3 N–H and O–H groups in total. The lowest BCUT2D eigenvalue weighted by Gasteiger charge is -2.06. The number of H-pyrrole nitrogens is 2. The number of ether oxygens (including phenoxy) is 2. The summed E-state index contributed by atoms with van der Waals surface area (Å²) in [7, 11) is 1.30. The number of carbonyl (C=O) groups is 2. The molecule has 0 atom stereocenters. The highest BCUT2D eigenvalue weighted by Gasteiger charge is 2.15. The maximum absolute atomic E-state index is 14.1. The number of carbonyl (C=O) groups excluding carboxylic acids is 2. The molecule has 0 unspecified atom stereocenters. The summed E-state index contributed by atoms with van der Waals surface area (Å²) in [6.07, 6.45) is 0.577. The second kappa shape index (κ2) is 8.74. The van der Waals surface area contributed by atoms with Crippen LogP contribution in [0.25, 0.3) is 21.8 Å². The molecule has 8 heteroatoms. The van der Waals surface area contributed by atoms with E-state index in [1.807, 2.05) is 13.8 Å². The molecule has 2 aromatic heterocycles. The Morgan fingerprint density at radius 2 is 1.91 bits per heavy atom. The van der Waals surface area contributed by atoms with Gasteiger partial charge in [-0.25, -0.2) is 9.18 Å². The number of amides is 1. The number of aromatic nitrogens is 2. The minimum Gasteiger partial charge on any atom is -0.482 e. The van der Waals surface area contributed by atoms with E-state index < -0.39 is 5.97 Å². The Morgan fingerprint density at radius 1 is 1.09 bits per heavy atom. The van der Waals surface area contributed by atoms with Crippen LogP contribution in [-0.4, -0.2) is 42.1 Å². The Labute approximate surface area is 183 Å². The van der Waals surface area contributed by atoms with Crippen LogP contribution >= 0.6 is 0 Å². The van der Waals surface area contributed by atoms with E-state index in [1.54, 1.807) is 30.3 Å². The van der Waals surface area contributed by atoms with E-state index in [0.717, 1.165) is 33.1 Å². The lowest BCUT2D eigenvalue weighted by molar-refractivity contribution is -0.142. The zero-order valence-corrected chi connectivity index (χ0v) is 18.1. The Kier molecular flexibility index (Phi) is 5.85. The number of hydrogen-bond donors (Lipinski definition) is 3. The van der Waals surface area contributed by atoms with E-state index in [0.29, 0.717) is 29.9 Å². The number of fused-ring (bicyclic) bond motifs is 2. The summed E-state index contributed by atoms with van der Waals surface area (Å²) in [5.41, 5.74) is 4.59. The molecule has 0 radical (unpaired) electrons. The standard InChI is InChI=1S/C24H24FN3O4/c1-13-4-6-18(25)23-22(13)17(14(2)27-23)8-9-26-24(30)20-11-15-10-16(5-7-19(15)28-20)32-12-21(29)31-3/h4-7,10-11,27-28H,8-9,12H2,1-3H3,(H,26,30). The van der Waals surface area contributed by atoms with Gasteiger partial charge in [0.05, 0.1) is 12.6 Å². The van der Waals surface area contributed by atoms with Crippen molar-refractivity contribution in [2.45, 2.75) is 20.3 Å². The highest BCUT2D eigenvalue weighted by molar-refractivity contribution is 5.98. The van der Waals surface area contributed by atoms with Gasteiger partial charge in [-0.2, -0.15) is 0 Å². The topological polar surface area (TPSA) is 96.2 Å². The Bertz CT molecular complexity index is 1320. The van der Waals surface area contributed by atoms with Crippen LogP contribution in [0, 0.1) is 19.7 Å². The zero-order chi connectivity index (χ0) is 22.8. The number of rotatable bonds is 7. The van der Waals surface area contributed by atoms with E-state index >= 15 is 0 Å². The molecule has 0 saturated carbocycles. The minimum atomic E-state index is -0.470. The first-order valence-electron chi connectivity index (χ1n) is 10.2. The molecule has 32 heavy (non-hydrogen) atoms. The van der Waals surface area contributed by atoms with Gasteiger partial charge in [-0.3, -0.25) is 4.79 Å². The van der Waals surface area contributed by atoms with Crippen molar-refractivity contribution in [2.75, 3.05) is 20.3 Å². The molecule has 2 aromatic carbocycles. The second-order valence-electron chi connectivity index (χ2n) is 7.65. The summed E-state index contributed by atoms with van der Waals surface area (Å²) in [6.45, 7) is 4.08. The zero-order valence-electron chi connectivity index (χ0n) is 18.1. The average molecular weight is 437 g/mol. The fourth-order valence-corrected chi connectivity index (χ4v) is 3.88. The number of methoxy groups -OCH3 is 1. The molecule has 4 rings (SSSR count). The molecule has 0 aliphatic carbocycles. The molecule has 0 fully saturated rings. The molecule has 4 aromatic rings. The number of halogens is 1. The van der Waals surface area contributed by atoms with Crippen LogP contribution in [0.5, 0.6) is 5.75 Å². The number of benzene rings is 2. The van der Waals surface area contributed by atoms with Crippen molar-refractivity contribution in [3.63, 3.8) is 0 Å². The largest absolute Gasteiger partial charge is 0.482 e. The third kappa shape index (κ3) is 4.16. The first kappa shape index (κ1) is 21.4. The van der Waals surface area contributed by atoms with Crippen molar-refractivity contribution in [3.8, 4) is 5.75 Å². The van der Waals surface area contributed by atoms with Crippen LogP contribution in [0.3, 0.4) is 0 Å². The highest BCUT2D eigenvalue weighted by Crippen LogP contribution is 2.28. The van der Waals surface area contributed by atoms with Crippen LogP contribution in [0.2, 0.25) is 0 Å². The van der Waals surface area contributed by atoms with Gasteiger partial charge >= 0.3 is 5.97 Å². The Hall–Kier alpha value is -3.81. The molecule has 0 saturated heterocycles. The third-order valence-electron chi connectivity index (χ3n) is 5.51. The Balaban J connectivity index is 1.43. The molecule has 166 valence electrons. The van der Waals surface area contributed by atoms with Crippen molar-refractivity contribution in [1.29, 1.82) is 0 Å². The normalized spacial score (nSPS) is 11.1. The number of aryl methyl sites for hydroxylation is 2. The van der Waals surface area contributed by atoms with Gasteiger partial charge in [0.2, 0.25) is 0 Å². The van der Waals surface area contributed by atoms with Gasteiger partial charge in [-0.15, -0.1) is 0 Å². The van der Waals surface area contributed by atoms with Crippen LogP contribution in [0.1, 0.15) is 27.3 Å². The third-order valence-corrected chi connectivity index (χ3v) is 5.51. The maximum atomic E-state index is 14.1. The number of hydrogen-bond acceptors (Lipinski definition) is 4. The predicted octanol–water partition coefficient (Wildman–Crippen LogP) is 3.93. The maximum Gasteiger partial charge on any atom is 0.343 e. The van der Waals surface area contributed by atoms with Crippen molar-refractivity contribution in [2.24, 2.45) is 0 Å². The fraction of sp³-hybridized carbons (Fsp3) is 0.250. The van der Waals surface area contributed by atoms with Gasteiger partial charge in [0.1, 0.15) is 17.3 Å². The van der Waals surface area contributed by atoms with Crippen LogP contribution in [-0.2, 0) is 16.0 Å². The van der Waals surface area contributed by atoms with Crippen LogP contribution < -0.4 is 10.1 Å². The van der Waals surface area contributed by atoms with Crippen LogP contribution in [0.15, 0.2) is 36.4 Å².